The van der Waals surface area contributed by atoms with Crippen LogP contribution in [0, 0.1) is 18.3 Å². The third kappa shape index (κ3) is 2.09. The predicted molar refractivity (Wildman–Crippen MR) is 60.2 cm³/mol. The first-order valence-electron chi connectivity index (χ1n) is 5.13. The SMILES string of the molecule is C#Cc1cccc(NC(C)C2CC2)c1. The normalized spacial score (nSPS) is 17.1. The van der Waals surface area contributed by atoms with E-state index >= 15 is 0 Å². The van der Waals surface area contributed by atoms with Gasteiger partial charge < -0.3 is 5.32 Å². The van der Waals surface area contributed by atoms with Crippen molar-refractivity contribution in [1.82, 2.24) is 0 Å². The van der Waals surface area contributed by atoms with Gasteiger partial charge in [0.05, 0.1) is 0 Å². The summed E-state index contributed by atoms with van der Waals surface area (Å²) in [5.41, 5.74) is 2.08. The molecule has 1 heteroatoms. The second-order valence-electron chi connectivity index (χ2n) is 4.00. The van der Waals surface area contributed by atoms with Gasteiger partial charge in [-0.15, -0.1) is 6.42 Å². The molecule has 0 heterocycles. The van der Waals surface area contributed by atoms with Crippen molar-refractivity contribution in [1.29, 1.82) is 0 Å². The van der Waals surface area contributed by atoms with Gasteiger partial charge in [-0.3, -0.25) is 0 Å². The van der Waals surface area contributed by atoms with Gasteiger partial charge in [-0.1, -0.05) is 12.0 Å². The maximum Gasteiger partial charge on any atom is 0.0354 e. The molecule has 1 saturated carbocycles. The van der Waals surface area contributed by atoms with Crippen LogP contribution in [-0.2, 0) is 0 Å². The molecule has 1 atom stereocenters. The molecule has 1 aromatic carbocycles. The van der Waals surface area contributed by atoms with Crippen LogP contribution >= 0.6 is 0 Å². The molecule has 0 spiro atoms. The fourth-order valence-electron chi connectivity index (χ4n) is 1.68. The summed E-state index contributed by atoms with van der Waals surface area (Å²) in [7, 11) is 0. The average Bonchev–Trinajstić information content (AvgIpc) is 3.01. The molecular formula is C13H15N. The first-order chi connectivity index (χ1) is 6.79. The average molecular weight is 185 g/mol. The Morgan fingerprint density at radius 3 is 2.93 bits per heavy atom. The highest BCUT2D eigenvalue weighted by Crippen LogP contribution is 2.33. The number of hydrogen-bond donors (Lipinski definition) is 1. The number of hydrogen-bond acceptors (Lipinski definition) is 1. The fourth-order valence-corrected chi connectivity index (χ4v) is 1.68. The Morgan fingerprint density at radius 2 is 2.29 bits per heavy atom. The number of rotatable bonds is 3. The molecule has 0 saturated heterocycles. The number of nitrogens with one attached hydrogen (secondary N) is 1. The van der Waals surface area contributed by atoms with Gasteiger partial charge in [-0.05, 0) is 43.9 Å². The molecule has 1 aliphatic carbocycles. The van der Waals surface area contributed by atoms with Crippen molar-refractivity contribution in [3.8, 4) is 12.3 Å². The molecule has 0 amide bonds. The Morgan fingerprint density at radius 1 is 1.50 bits per heavy atom. The van der Waals surface area contributed by atoms with Crippen LogP contribution in [0.1, 0.15) is 25.3 Å². The zero-order valence-electron chi connectivity index (χ0n) is 8.46. The number of terminal acetylenes is 1. The van der Waals surface area contributed by atoms with E-state index in [9.17, 15) is 0 Å². The van der Waals surface area contributed by atoms with Gasteiger partial charge in [0.15, 0.2) is 0 Å². The quantitative estimate of drug-likeness (QED) is 0.714. The first kappa shape index (κ1) is 9.15. The van der Waals surface area contributed by atoms with E-state index < -0.39 is 0 Å². The Balaban J connectivity index is 2.04. The molecule has 1 N–H and O–H groups in total. The van der Waals surface area contributed by atoms with E-state index in [4.69, 9.17) is 6.42 Å². The van der Waals surface area contributed by atoms with Crippen LogP contribution in [0.2, 0.25) is 0 Å². The number of benzene rings is 1. The molecule has 0 radical (unpaired) electrons. The van der Waals surface area contributed by atoms with Gasteiger partial charge in [-0.25, -0.2) is 0 Å². The summed E-state index contributed by atoms with van der Waals surface area (Å²) >= 11 is 0. The first-order valence-corrected chi connectivity index (χ1v) is 5.13. The zero-order valence-corrected chi connectivity index (χ0v) is 8.46. The van der Waals surface area contributed by atoms with Crippen LogP contribution in [0.25, 0.3) is 0 Å². The molecular weight excluding hydrogens is 170 g/mol. The van der Waals surface area contributed by atoms with Gasteiger partial charge >= 0.3 is 0 Å². The van der Waals surface area contributed by atoms with E-state index in [2.05, 4.69) is 24.2 Å². The lowest BCUT2D eigenvalue weighted by Crippen LogP contribution is -2.17. The summed E-state index contributed by atoms with van der Waals surface area (Å²) in [5.74, 6) is 3.51. The van der Waals surface area contributed by atoms with Gasteiger partial charge in [0, 0.05) is 17.3 Å². The summed E-state index contributed by atoms with van der Waals surface area (Å²) in [6.45, 7) is 2.24. The second-order valence-corrected chi connectivity index (χ2v) is 4.00. The van der Waals surface area contributed by atoms with E-state index in [1.54, 1.807) is 0 Å². The van der Waals surface area contributed by atoms with Crippen LogP contribution in [0.15, 0.2) is 24.3 Å². The van der Waals surface area contributed by atoms with Crippen molar-refractivity contribution in [3.63, 3.8) is 0 Å². The second kappa shape index (κ2) is 3.75. The summed E-state index contributed by atoms with van der Waals surface area (Å²) in [4.78, 5) is 0. The molecule has 1 fully saturated rings. The van der Waals surface area contributed by atoms with Crippen molar-refractivity contribution in [3.05, 3.63) is 29.8 Å². The molecule has 72 valence electrons. The van der Waals surface area contributed by atoms with E-state index in [0.717, 1.165) is 17.2 Å². The monoisotopic (exact) mass is 185 g/mol. The summed E-state index contributed by atoms with van der Waals surface area (Å²) in [6, 6.07) is 8.62. The van der Waals surface area contributed by atoms with E-state index in [0.29, 0.717) is 6.04 Å². The van der Waals surface area contributed by atoms with Crippen LogP contribution in [0.3, 0.4) is 0 Å². The topological polar surface area (TPSA) is 12.0 Å². The summed E-state index contributed by atoms with van der Waals surface area (Å²) in [6.07, 6.45) is 8.07. The molecule has 0 bridgehead atoms. The van der Waals surface area contributed by atoms with Crippen LogP contribution in [0.4, 0.5) is 5.69 Å². The lowest BCUT2D eigenvalue weighted by atomic mass is 10.1. The maximum atomic E-state index is 5.34. The molecule has 14 heavy (non-hydrogen) atoms. The summed E-state index contributed by atoms with van der Waals surface area (Å²) < 4.78 is 0. The smallest absolute Gasteiger partial charge is 0.0354 e. The Hall–Kier alpha value is -1.42. The largest absolute Gasteiger partial charge is 0.382 e. The minimum Gasteiger partial charge on any atom is -0.382 e. The van der Waals surface area contributed by atoms with Gasteiger partial charge in [0.25, 0.3) is 0 Å². The Labute approximate surface area is 85.5 Å². The minimum absolute atomic E-state index is 0.572. The molecule has 2 rings (SSSR count). The molecule has 0 aliphatic heterocycles. The Bertz CT molecular complexity index is 358. The molecule has 1 nitrogen and oxygen atoms in total. The lowest BCUT2D eigenvalue weighted by molar-refractivity contribution is 0.694. The van der Waals surface area contributed by atoms with Crippen LogP contribution in [-0.4, -0.2) is 6.04 Å². The molecule has 1 aliphatic rings. The van der Waals surface area contributed by atoms with Crippen molar-refractivity contribution < 1.29 is 0 Å². The van der Waals surface area contributed by atoms with Crippen molar-refractivity contribution in [2.75, 3.05) is 5.32 Å². The van der Waals surface area contributed by atoms with E-state index in [-0.39, 0.29) is 0 Å². The van der Waals surface area contributed by atoms with Gasteiger partial charge in [0.1, 0.15) is 0 Å². The van der Waals surface area contributed by atoms with Crippen molar-refractivity contribution in [2.24, 2.45) is 5.92 Å². The summed E-state index contributed by atoms with van der Waals surface area (Å²) in [5, 5.41) is 3.48. The van der Waals surface area contributed by atoms with E-state index in [1.807, 2.05) is 18.2 Å². The molecule has 1 aromatic rings. The maximum absolute atomic E-state index is 5.34. The van der Waals surface area contributed by atoms with Crippen LogP contribution in [0.5, 0.6) is 0 Å². The van der Waals surface area contributed by atoms with E-state index in [1.165, 1.54) is 12.8 Å². The zero-order chi connectivity index (χ0) is 9.97. The lowest BCUT2D eigenvalue weighted by Gasteiger charge is -2.14. The number of anilines is 1. The highest BCUT2D eigenvalue weighted by atomic mass is 14.9. The van der Waals surface area contributed by atoms with Gasteiger partial charge in [0.2, 0.25) is 0 Å². The standard InChI is InChI=1S/C13H15N/c1-3-11-5-4-6-13(9-11)14-10(2)12-7-8-12/h1,4-6,9-10,12,14H,7-8H2,2H3. The van der Waals surface area contributed by atoms with Gasteiger partial charge in [-0.2, -0.15) is 0 Å². The fraction of sp³-hybridized carbons (Fsp3) is 0.385. The highest BCUT2D eigenvalue weighted by Gasteiger charge is 2.27. The minimum atomic E-state index is 0.572. The third-order valence-corrected chi connectivity index (χ3v) is 2.75. The van der Waals surface area contributed by atoms with Crippen LogP contribution < -0.4 is 5.32 Å². The predicted octanol–water partition coefficient (Wildman–Crippen LogP) is 2.88. The van der Waals surface area contributed by atoms with Crippen molar-refractivity contribution in [2.45, 2.75) is 25.8 Å². The Kier molecular flexibility index (Phi) is 2.45. The molecule has 1 unspecified atom stereocenters. The van der Waals surface area contributed by atoms with Crippen molar-refractivity contribution >= 4 is 5.69 Å². The third-order valence-electron chi connectivity index (χ3n) is 2.75. The molecule has 0 aromatic heterocycles. The highest BCUT2D eigenvalue weighted by molar-refractivity contribution is 5.50.